The van der Waals surface area contributed by atoms with E-state index >= 15 is 0 Å². The molecule has 0 saturated heterocycles. The molecule has 0 atom stereocenters. The zero-order valence-electron chi connectivity index (χ0n) is 12.6. The van der Waals surface area contributed by atoms with Gasteiger partial charge in [-0.25, -0.2) is 14.8 Å². The van der Waals surface area contributed by atoms with E-state index in [9.17, 15) is 4.79 Å². The summed E-state index contributed by atoms with van der Waals surface area (Å²) in [5.74, 6) is 0.708. The van der Waals surface area contributed by atoms with Crippen LogP contribution in [0.1, 0.15) is 16.1 Å². The van der Waals surface area contributed by atoms with Crippen molar-refractivity contribution >= 4 is 29.1 Å². The van der Waals surface area contributed by atoms with Crippen molar-refractivity contribution in [3.05, 3.63) is 59.1 Å². The third kappa shape index (κ3) is 3.43. The van der Waals surface area contributed by atoms with Crippen molar-refractivity contribution in [3.63, 3.8) is 0 Å². The number of esters is 1. The van der Waals surface area contributed by atoms with E-state index in [1.807, 2.05) is 42.0 Å². The molecule has 0 fully saturated rings. The second kappa shape index (κ2) is 6.93. The quantitative estimate of drug-likeness (QED) is 0.303. The molecule has 0 radical (unpaired) electrons. The number of thiophene rings is 1. The van der Waals surface area contributed by atoms with Crippen LogP contribution in [-0.2, 0) is 0 Å². The first-order valence-electron chi connectivity index (χ1n) is 6.93. The van der Waals surface area contributed by atoms with Gasteiger partial charge in [-0.15, -0.1) is 23.1 Å². The first-order chi connectivity index (χ1) is 11.2. The Kier molecular flexibility index (Phi) is 4.73. The minimum atomic E-state index is -0.434. The number of para-hydroxylation sites is 1. The predicted octanol–water partition coefficient (Wildman–Crippen LogP) is 4.45. The van der Waals surface area contributed by atoms with E-state index in [0.29, 0.717) is 27.9 Å². The van der Waals surface area contributed by atoms with Gasteiger partial charge in [0.05, 0.1) is 10.6 Å². The van der Waals surface area contributed by atoms with Crippen molar-refractivity contribution in [2.45, 2.75) is 11.9 Å². The summed E-state index contributed by atoms with van der Waals surface area (Å²) in [6, 6.07) is 12.9. The van der Waals surface area contributed by atoms with Gasteiger partial charge in [0, 0.05) is 0 Å². The molecule has 116 valence electrons. The van der Waals surface area contributed by atoms with Gasteiger partial charge in [-0.05, 0) is 36.8 Å². The second-order valence-electron chi connectivity index (χ2n) is 4.70. The summed E-state index contributed by atoms with van der Waals surface area (Å²) >= 11 is 2.98. The molecule has 2 heterocycles. The highest BCUT2D eigenvalue weighted by atomic mass is 32.2. The van der Waals surface area contributed by atoms with Crippen molar-refractivity contribution in [3.8, 4) is 16.5 Å². The monoisotopic (exact) mass is 342 g/mol. The highest BCUT2D eigenvalue weighted by Crippen LogP contribution is 2.28. The number of carbonyl (C=O) groups is 1. The van der Waals surface area contributed by atoms with Crippen LogP contribution in [0.15, 0.2) is 52.9 Å². The van der Waals surface area contributed by atoms with Crippen LogP contribution in [0.2, 0.25) is 0 Å². The Balaban J connectivity index is 1.97. The molecule has 0 spiro atoms. The topological polar surface area (TPSA) is 52.1 Å². The van der Waals surface area contributed by atoms with Crippen LogP contribution in [0, 0.1) is 6.92 Å². The highest BCUT2D eigenvalue weighted by Gasteiger charge is 2.21. The summed E-state index contributed by atoms with van der Waals surface area (Å²) in [5, 5.41) is 2.60. The minimum absolute atomic E-state index is 0.418. The zero-order valence-corrected chi connectivity index (χ0v) is 14.3. The number of rotatable bonds is 4. The van der Waals surface area contributed by atoms with Crippen molar-refractivity contribution in [1.82, 2.24) is 9.97 Å². The van der Waals surface area contributed by atoms with Crippen LogP contribution >= 0.6 is 23.1 Å². The van der Waals surface area contributed by atoms with Crippen molar-refractivity contribution < 1.29 is 9.53 Å². The van der Waals surface area contributed by atoms with Gasteiger partial charge in [0.1, 0.15) is 16.3 Å². The minimum Gasteiger partial charge on any atom is -0.423 e. The third-order valence-corrected chi connectivity index (χ3v) is 4.70. The van der Waals surface area contributed by atoms with E-state index in [-0.39, 0.29) is 0 Å². The standard InChI is InChI=1S/C17H14N2O2S2/c1-11-14(17(20)21-12-7-4-3-5-8-12)16(22-2)19-15(18-11)13-9-6-10-23-13/h3-10H,1-2H3. The normalized spacial score (nSPS) is 10.5. The SMILES string of the molecule is CSc1nc(-c2cccs2)nc(C)c1C(=O)Oc1ccccc1. The van der Waals surface area contributed by atoms with E-state index in [1.54, 1.807) is 30.4 Å². The Morgan fingerprint density at radius 3 is 2.57 bits per heavy atom. The average Bonchev–Trinajstić information content (AvgIpc) is 3.09. The molecule has 4 nitrogen and oxygen atoms in total. The fourth-order valence-corrected chi connectivity index (χ4v) is 3.36. The molecule has 0 bridgehead atoms. The Morgan fingerprint density at radius 1 is 1.13 bits per heavy atom. The number of thioether (sulfide) groups is 1. The lowest BCUT2D eigenvalue weighted by atomic mass is 10.2. The highest BCUT2D eigenvalue weighted by molar-refractivity contribution is 7.98. The van der Waals surface area contributed by atoms with Crippen LogP contribution < -0.4 is 4.74 Å². The number of benzene rings is 1. The molecular weight excluding hydrogens is 328 g/mol. The summed E-state index contributed by atoms with van der Waals surface area (Å²) in [7, 11) is 0. The molecule has 1 aromatic carbocycles. The molecule has 23 heavy (non-hydrogen) atoms. The number of aromatic nitrogens is 2. The van der Waals surface area contributed by atoms with Gasteiger partial charge in [-0.3, -0.25) is 0 Å². The smallest absolute Gasteiger partial charge is 0.348 e. The molecule has 0 aliphatic carbocycles. The number of ether oxygens (including phenoxy) is 1. The number of carbonyl (C=O) groups excluding carboxylic acids is 1. The van der Waals surface area contributed by atoms with Crippen LogP contribution in [0.25, 0.3) is 10.7 Å². The lowest BCUT2D eigenvalue weighted by molar-refractivity contribution is 0.0729. The lowest BCUT2D eigenvalue weighted by Crippen LogP contribution is -2.14. The first-order valence-corrected chi connectivity index (χ1v) is 9.03. The second-order valence-corrected chi connectivity index (χ2v) is 6.44. The fraction of sp³-hybridized carbons (Fsp3) is 0.118. The van der Waals surface area contributed by atoms with Crippen LogP contribution in [0.4, 0.5) is 0 Å². The van der Waals surface area contributed by atoms with Gasteiger partial charge in [-0.2, -0.15) is 0 Å². The Morgan fingerprint density at radius 2 is 1.91 bits per heavy atom. The van der Waals surface area contributed by atoms with E-state index in [2.05, 4.69) is 9.97 Å². The molecule has 6 heteroatoms. The van der Waals surface area contributed by atoms with Gasteiger partial charge in [-0.1, -0.05) is 24.3 Å². The third-order valence-electron chi connectivity index (χ3n) is 3.15. The van der Waals surface area contributed by atoms with Crippen molar-refractivity contribution in [2.75, 3.05) is 6.26 Å². The summed E-state index contributed by atoms with van der Waals surface area (Å²) in [4.78, 5) is 22.5. The van der Waals surface area contributed by atoms with Gasteiger partial charge < -0.3 is 4.74 Å². The van der Waals surface area contributed by atoms with Crippen LogP contribution in [0.5, 0.6) is 5.75 Å². The molecular formula is C17H14N2O2S2. The average molecular weight is 342 g/mol. The summed E-state index contributed by atoms with van der Waals surface area (Å²) in [5.41, 5.74) is 1.04. The molecule has 0 aliphatic heterocycles. The maximum atomic E-state index is 12.5. The molecule has 0 aliphatic rings. The maximum Gasteiger partial charge on any atom is 0.348 e. The lowest BCUT2D eigenvalue weighted by Gasteiger charge is -2.11. The largest absolute Gasteiger partial charge is 0.423 e. The Hall–Kier alpha value is -2.18. The van der Waals surface area contributed by atoms with E-state index in [1.165, 1.54) is 11.8 Å². The van der Waals surface area contributed by atoms with Crippen molar-refractivity contribution in [2.24, 2.45) is 0 Å². The molecule has 0 N–H and O–H groups in total. The predicted molar refractivity (Wildman–Crippen MR) is 93.3 cm³/mol. The van der Waals surface area contributed by atoms with E-state index in [4.69, 9.17) is 4.74 Å². The molecule has 2 aromatic heterocycles. The van der Waals surface area contributed by atoms with Gasteiger partial charge >= 0.3 is 5.97 Å². The Bertz CT molecular complexity index is 818. The summed E-state index contributed by atoms with van der Waals surface area (Å²) < 4.78 is 5.42. The zero-order chi connectivity index (χ0) is 16.2. The molecule has 3 aromatic rings. The number of hydrogen-bond donors (Lipinski definition) is 0. The summed E-state index contributed by atoms with van der Waals surface area (Å²) in [6.45, 7) is 1.81. The van der Waals surface area contributed by atoms with Crippen LogP contribution in [0.3, 0.4) is 0 Å². The van der Waals surface area contributed by atoms with Gasteiger partial charge in [0.25, 0.3) is 0 Å². The first kappa shape index (κ1) is 15.7. The molecule has 0 saturated carbocycles. The molecule has 0 unspecified atom stereocenters. The van der Waals surface area contributed by atoms with Crippen LogP contribution in [-0.4, -0.2) is 22.2 Å². The summed E-state index contributed by atoms with van der Waals surface area (Å²) in [6.07, 6.45) is 1.89. The molecule has 0 amide bonds. The van der Waals surface area contributed by atoms with E-state index < -0.39 is 5.97 Å². The van der Waals surface area contributed by atoms with E-state index in [0.717, 1.165) is 4.88 Å². The maximum absolute atomic E-state index is 12.5. The Labute approximate surface area is 142 Å². The number of nitrogens with zero attached hydrogens (tertiary/aromatic N) is 2. The fourth-order valence-electron chi connectivity index (χ4n) is 2.09. The number of aryl methyl sites for hydroxylation is 1. The van der Waals surface area contributed by atoms with Crippen molar-refractivity contribution in [1.29, 1.82) is 0 Å². The van der Waals surface area contributed by atoms with Gasteiger partial charge in [0.15, 0.2) is 5.82 Å². The number of hydrogen-bond acceptors (Lipinski definition) is 6. The molecule has 3 rings (SSSR count). The van der Waals surface area contributed by atoms with Gasteiger partial charge in [0.2, 0.25) is 0 Å².